The molecule has 3 aromatic rings. The third-order valence-electron chi connectivity index (χ3n) is 3.74. The fourth-order valence-electron chi connectivity index (χ4n) is 2.34. The molecule has 0 aliphatic carbocycles. The zero-order valence-corrected chi connectivity index (χ0v) is 15.6. The van der Waals surface area contributed by atoms with Crippen LogP contribution < -0.4 is 19.5 Å². The van der Waals surface area contributed by atoms with Gasteiger partial charge in [0.2, 0.25) is 0 Å². The number of rotatable bonds is 7. The molecule has 0 unspecified atom stereocenters. The molecule has 0 saturated heterocycles. The van der Waals surface area contributed by atoms with E-state index < -0.39 is 0 Å². The number of nitrogens with one attached hydrogen (secondary N) is 1. The van der Waals surface area contributed by atoms with Gasteiger partial charge in [0.15, 0.2) is 5.76 Å². The van der Waals surface area contributed by atoms with Gasteiger partial charge in [0.05, 0.1) is 19.2 Å². The smallest absolute Gasteiger partial charge is 0.291 e. The highest BCUT2D eigenvalue weighted by molar-refractivity contribution is 6.32. The van der Waals surface area contributed by atoms with Crippen LogP contribution in [0.3, 0.4) is 0 Å². The van der Waals surface area contributed by atoms with Gasteiger partial charge >= 0.3 is 0 Å². The second kappa shape index (κ2) is 8.51. The van der Waals surface area contributed by atoms with Crippen molar-refractivity contribution in [3.63, 3.8) is 0 Å². The molecule has 0 fully saturated rings. The van der Waals surface area contributed by atoms with Crippen molar-refractivity contribution in [3.05, 3.63) is 71.1 Å². The molecule has 0 saturated carbocycles. The van der Waals surface area contributed by atoms with E-state index in [4.69, 9.17) is 30.2 Å². The van der Waals surface area contributed by atoms with E-state index in [0.717, 1.165) is 5.75 Å². The monoisotopic (exact) mass is 387 g/mol. The Kier molecular flexibility index (Phi) is 5.88. The number of furan rings is 1. The number of ether oxygens (including phenoxy) is 3. The average molecular weight is 388 g/mol. The van der Waals surface area contributed by atoms with Crippen LogP contribution in [0, 0.1) is 0 Å². The zero-order valence-electron chi connectivity index (χ0n) is 14.8. The van der Waals surface area contributed by atoms with Gasteiger partial charge in [0, 0.05) is 5.69 Å². The highest BCUT2D eigenvalue weighted by Crippen LogP contribution is 2.27. The van der Waals surface area contributed by atoms with Crippen LogP contribution in [0.15, 0.2) is 59.0 Å². The summed E-state index contributed by atoms with van der Waals surface area (Å²) >= 11 is 6.06. The van der Waals surface area contributed by atoms with E-state index >= 15 is 0 Å². The van der Waals surface area contributed by atoms with E-state index in [0.29, 0.717) is 28.0 Å². The predicted molar refractivity (Wildman–Crippen MR) is 102 cm³/mol. The molecule has 6 nitrogen and oxygen atoms in total. The molecule has 7 heteroatoms. The number of methoxy groups -OCH3 is 2. The lowest BCUT2D eigenvalue weighted by molar-refractivity contribution is 0.0992. The Balaban J connectivity index is 1.59. The summed E-state index contributed by atoms with van der Waals surface area (Å²) in [5.74, 6) is 2.28. The van der Waals surface area contributed by atoms with E-state index in [1.165, 1.54) is 7.11 Å². The SMILES string of the molecule is COc1ccc(OCc2ccc(C(=O)Nc3ccc(OC)c(Cl)c3)o2)cc1. The van der Waals surface area contributed by atoms with Crippen molar-refractivity contribution < 1.29 is 23.4 Å². The number of anilines is 1. The van der Waals surface area contributed by atoms with Gasteiger partial charge in [-0.25, -0.2) is 0 Å². The van der Waals surface area contributed by atoms with Gasteiger partial charge in [-0.1, -0.05) is 11.6 Å². The number of hydrogen-bond donors (Lipinski definition) is 1. The summed E-state index contributed by atoms with van der Waals surface area (Å²) in [4.78, 5) is 12.3. The van der Waals surface area contributed by atoms with E-state index in [1.807, 2.05) is 0 Å². The number of amides is 1. The average Bonchev–Trinajstić information content (AvgIpc) is 3.16. The van der Waals surface area contributed by atoms with Crippen LogP contribution in [0.25, 0.3) is 0 Å². The number of carbonyl (C=O) groups excluding carboxylic acids is 1. The van der Waals surface area contributed by atoms with Gasteiger partial charge in [0.25, 0.3) is 5.91 Å². The predicted octanol–water partition coefficient (Wildman–Crippen LogP) is 4.78. The summed E-state index contributed by atoms with van der Waals surface area (Å²) in [5, 5.41) is 3.13. The fraction of sp³-hybridized carbons (Fsp3) is 0.150. The third-order valence-corrected chi connectivity index (χ3v) is 4.03. The normalized spacial score (nSPS) is 10.3. The number of halogens is 1. The molecule has 0 bridgehead atoms. The lowest BCUT2D eigenvalue weighted by Crippen LogP contribution is -2.10. The van der Waals surface area contributed by atoms with Gasteiger partial charge in [-0.05, 0) is 54.6 Å². The topological polar surface area (TPSA) is 69.9 Å². The van der Waals surface area contributed by atoms with E-state index in [9.17, 15) is 4.79 Å². The Labute approximate surface area is 161 Å². The molecule has 1 aromatic heterocycles. The van der Waals surface area contributed by atoms with Crippen LogP contribution >= 0.6 is 11.6 Å². The van der Waals surface area contributed by atoms with Crippen LogP contribution in [0.1, 0.15) is 16.3 Å². The summed E-state index contributed by atoms with van der Waals surface area (Å²) in [6.45, 7) is 0.202. The fourth-order valence-corrected chi connectivity index (χ4v) is 2.60. The summed E-state index contributed by atoms with van der Waals surface area (Å²) in [7, 11) is 3.13. The van der Waals surface area contributed by atoms with Crippen molar-refractivity contribution in [2.75, 3.05) is 19.5 Å². The van der Waals surface area contributed by atoms with Crippen molar-refractivity contribution in [2.45, 2.75) is 6.61 Å². The minimum atomic E-state index is -0.382. The first-order valence-electron chi connectivity index (χ1n) is 8.09. The van der Waals surface area contributed by atoms with Gasteiger partial charge in [0.1, 0.15) is 29.6 Å². The highest BCUT2D eigenvalue weighted by atomic mass is 35.5. The lowest BCUT2D eigenvalue weighted by atomic mass is 10.3. The maximum Gasteiger partial charge on any atom is 0.291 e. The van der Waals surface area contributed by atoms with Gasteiger partial charge < -0.3 is 23.9 Å². The minimum Gasteiger partial charge on any atom is -0.497 e. The highest BCUT2D eigenvalue weighted by Gasteiger charge is 2.13. The molecule has 27 heavy (non-hydrogen) atoms. The number of benzene rings is 2. The van der Waals surface area contributed by atoms with Crippen molar-refractivity contribution in [1.29, 1.82) is 0 Å². The second-order valence-corrected chi connectivity index (χ2v) is 5.94. The Morgan fingerprint density at radius 2 is 1.74 bits per heavy atom. The van der Waals surface area contributed by atoms with E-state index in [2.05, 4.69) is 5.32 Å². The molecule has 1 amide bonds. The van der Waals surface area contributed by atoms with Crippen molar-refractivity contribution >= 4 is 23.2 Å². The molecule has 0 spiro atoms. The van der Waals surface area contributed by atoms with Crippen LogP contribution in [0.5, 0.6) is 17.2 Å². The molecule has 1 heterocycles. The third kappa shape index (κ3) is 4.74. The van der Waals surface area contributed by atoms with Crippen LogP contribution in [-0.4, -0.2) is 20.1 Å². The Morgan fingerprint density at radius 1 is 1.00 bits per heavy atom. The summed E-state index contributed by atoms with van der Waals surface area (Å²) < 4.78 is 21.4. The van der Waals surface area contributed by atoms with Crippen LogP contribution in [0.4, 0.5) is 5.69 Å². The van der Waals surface area contributed by atoms with Crippen LogP contribution in [0.2, 0.25) is 5.02 Å². The maximum absolute atomic E-state index is 12.3. The summed E-state index contributed by atoms with van der Waals surface area (Å²) in [5.41, 5.74) is 0.540. The minimum absolute atomic E-state index is 0.176. The summed E-state index contributed by atoms with van der Waals surface area (Å²) in [6.07, 6.45) is 0. The molecular weight excluding hydrogens is 370 g/mol. The Bertz CT molecular complexity index is 920. The molecule has 1 N–H and O–H groups in total. The molecule has 0 aliphatic rings. The first kappa shape index (κ1) is 18.7. The van der Waals surface area contributed by atoms with Crippen molar-refractivity contribution in [2.24, 2.45) is 0 Å². The van der Waals surface area contributed by atoms with Gasteiger partial charge in [-0.3, -0.25) is 4.79 Å². The van der Waals surface area contributed by atoms with Gasteiger partial charge in [-0.2, -0.15) is 0 Å². The molecule has 3 rings (SSSR count). The van der Waals surface area contributed by atoms with Crippen molar-refractivity contribution in [3.8, 4) is 17.2 Å². The Hall–Kier alpha value is -3.12. The maximum atomic E-state index is 12.3. The molecule has 2 aromatic carbocycles. The summed E-state index contributed by atoms with van der Waals surface area (Å²) in [6, 6.07) is 15.5. The van der Waals surface area contributed by atoms with Crippen LogP contribution in [-0.2, 0) is 6.61 Å². The van der Waals surface area contributed by atoms with Crippen molar-refractivity contribution in [1.82, 2.24) is 0 Å². The van der Waals surface area contributed by atoms with E-state index in [-0.39, 0.29) is 18.3 Å². The first-order chi connectivity index (χ1) is 13.1. The van der Waals surface area contributed by atoms with Gasteiger partial charge in [-0.15, -0.1) is 0 Å². The lowest BCUT2D eigenvalue weighted by Gasteiger charge is -2.07. The molecule has 0 aliphatic heterocycles. The number of hydrogen-bond acceptors (Lipinski definition) is 5. The standard InChI is InChI=1S/C20H18ClNO5/c1-24-14-4-6-15(7-5-14)26-12-16-8-10-19(27-16)20(23)22-13-3-9-18(25-2)17(21)11-13/h3-11H,12H2,1-2H3,(H,22,23). The second-order valence-electron chi connectivity index (χ2n) is 5.53. The molecule has 0 radical (unpaired) electrons. The number of carbonyl (C=O) groups is 1. The largest absolute Gasteiger partial charge is 0.497 e. The Morgan fingerprint density at radius 3 is 2.41 bits per heavy atom. The zero-order chi connectivity index (χ0) is 19.2. The molecule has 0 atom stereocenters. The quantitative estimate of drug-likeness (QED) is 0.631. The molecular formula is C20H18ClNO5. The molecule has 140 valence electrons. The first-order valence-corrected chi connectivity index (χ1v) is 8.47. The van der Waals surface area contributed by atoms with E-state index in [1.54, 1.807) is 61.7 Å².